The van der Waals surface area contributed by atoms with Crippen LogP contribution in [0, 0.1) is 23.7 Å². The standard InChI is InChI=1S/C27H33BN2O9/c1-25(2)26(3,4)39-28(38-25)14-7-8-15(31)17-12(14)9-11-10-13-19(30(5)6)21(33)18(24(29)36)23(35)27(13,37)22(34)16(11)20(17)32/h7-8,11,13,16,18-19,31,37H,9-10H2,1-6H3,(H2,29,36)/t11-,13-,16?,18?,19-,27-/m0/s1. The number of rotatable bonds is 3. The summed E-state index contributed by atoms with van der Waals surface area (Å²) in [7, 11) is 2.25. The lowest BCUT2D eigenvalue weighted by Gasteiger charge is -2.52. The molecule has 1 aromatic carbocycles. The highest BCUT2D eigenvalue weighted by Gasteiger charge is 2.69. The van der Waals surface area contributed by atoms with Gasteiger partial charge in [0.05, 0.1) is 28.7 Å². The van der Waals surface area contributed by atoms with Crippen LogP contribution in [0.3, 0.4) is 0 Å². The van der Waals surface area contributed by atoms with Gasteiger partial charge >= 0.3 is 7.12 Å². The minimum Gasteiger partial charge on any atom is -0.507 e. The van der Waals surface area contributed by atoms with Crippen molar-refractivity contribution < 1.29 is 43.5 Å². The van der Waals surface area contributed by atoms with E-state index in [1.54, 1.807) is 20.2 Å². The summed E-state index contributed by atoms with van der Waals surface area (Å²) in [6.45, 7) is 7.55. The molecule has 3 aliphatic carbocycles. The average Bonchev–Trinajstić information content (AvgIpc) is 3.02. The number of Topliss-reactive ketones (excluding diaryl/α,β-unsaturated/α-hetero) is 4. The van der Waals surface area contributed by atoms with E-state index < -0.39 is 82.7 Å². The van der Waals surface area contributed by atoms with E-state index in [0.717, 1.165) is 0 Å². The Kier molecular flexibility index (Phi) is 6.05. The molecule has 1 aromatic rings. The molecule has 0 aromatic heterocycles. The van der Waals surface area contributed by atoms with Crippen LogP contribution in [0.5, 0.6) is 5.75 Å². The van der Waals surface area contributed by atoms with Crippen molar-refractivity contribution in [2.45, 2.75) is 63.4 Å². The quantitative estimate of drug-likeness (QED) is 0.324. The highest BCUT2D eigenvalue weighted by atomic mass is 16.7. The van der Waals surface area contributed by atoms with Gasteiger partial charge in [-0.3, -0.25) is 28.9 Å². The first kappa shape index (κ1) is 27.6. The number of aliphatic hydroxyl groups is 1. The van der Waals surface area contributed by atoms with Gasteiger partial charge in [-0.2, -0.15) is 0 Å². The average molecular weight is 540 g/mol. The first-order valence-electron chi connectivity index (χ1n) is 13.0. The Morgan fingerprint density at radius 3 is 2.18 bits per heavy atom. The molecule has 5 rings (SSSR count). The summed E-state index contributed by atoms with van der Waals surface area (Å²) >= 11 is 0. The van der Waals surface area contributed by atoms with Crippen molar-refractivity contribution >= 4 is 41.6 Å². The lowest BCUT2D eigenvalue weighted by molar-refractivity contribution is -0.181. The number of phenolic OH excluding ortho intramolecular Hbond substituents is 1. The Morgan fingerprint density at radius 1 is 1.05 bits per heavy atom. The van der Waals surface area contributed by atoms with Crippen LogP contribution in [0.1, 0.15) is 50.0 Å². The smallest absolute Gasteiger partial charge is 0.495 e. The van der Waals surface area contributed by atoms with Crippen LogP contribution in [0.4, 0.5) is 0 Å². The van der Waals surface area contributed by atoms with Gasteiger partial charge in [0.25, 0.3) is 0 Å². The number of benzene rings is 1. The maximum Gasteiger partial charge on any atom is 0.495 e. The van der Waals surface area contributed by atoms with Crippen LogP contribution in [0.15, 0.2) is 12.1 Å². The zero-order valence-electron chi connectivity index (χ0n) is 22.8. The van der Waals surface area contributed by atoms with Gasteiger partial charge in [-0.05, 0) is 77.6 Å². The molecule has 1 saturated heterocycles. The fraction of sp³-hybridized carbons (Fsp3) is 0.593. The molecule has 3 fully saturated rings. The second kappa shape index (κ2) is 8.54. The molecule has 6 atom stereocenters. The number of carbonyl (C=O) groups excluding carboxylic acids is 5. The summed E-state index contributed by atoms with van der Waals surface area (Å²) in [5.41, 5.74) is 2.17. The summed E-state index contributed by atoms with van der Waals surface area (Å²) in [5.74, 6) is -10.8. The molecule has 12 heteroatoms. The van der Waals surface area contributed by atoms with Crippen LogP contribution in [0.25, 0.3) is 0 Å². The van der Waals surface area contributed by atoms with Gasteiger partial charge in [0, 0.05) is 5.92 Å². The zero-order valence-corrected chi connectivity index (χ0v) is 22.8. The van der Waals surface area contributed by atoms with E-state index in [0.29, 0.717) is 11.0 Å². The zero-order chi connectivity index (χ0) is 29.0. The topological polar surface area (TPSA) is 174 Å². The molecule has 1 aliphatic heterocycles. The van der Waals surface area contributed by atoms with Crippen LogP contribution in [-0.2, 0) is 34.9 Å². The van der Waals surface area contributed by atoms with Crippen LogP contribution in [0.2, 0.25) is 0 Å². The number of fused-ring (bicyclic) bond motifs is 3. The molecule has 208 valence electrons. The third-order valence-electron chi connectivity index (χ3n) is 9.49. The van der Waals surface area contributed by atoms with Gasteiger partial charge in [0.15, 0.2) is 34.7 Å². The predicted octanol–water partition coefficient (Wildman–Crippen LogP) is -0.834. The molecule has 1 amide bonds. The SMILES string of the molecule is CN(C)[C@@H]1C(=O)C(C(N)=O)C(=O)[C@@]2(O)C(=O)C3C(=O)c4c(O)ccc(B5OC(C)(C)C(C)(C)O5)c4C[C@H]3C[C@@H]12. The minimum atomic E-state index is -2.75. The maximum absolute atomic E-state index is 13.9. The van der Waals surface area contributed by atoms with Gasteiger partial charge in [-0.1, -0.05) is 6.07 Å². The van der Waals surface area contributed by atoms with Gasteiger partial charge in [-0.15, -0.1) is 0 Å². The number of ketones is 4. The molecule has 11 nitrogen and oxygen atoms in total. The van der Waals surface area contributed by atoms with Crippen molar-refractivity contribution in [2.75, 3.05) is 14.1 Å². The molecule has 2 unspecified atom stereocenters. The summed E-state index contributed by atoms with van der Waals surface area (Å²) in [5, 5.41) is 22.4. The van der Waals surface area contributed by atoms with Crippen molar-refractivity contribution in [3.8, 4) is 5.75 Å². The molecule has 2 saturated carbocycles. The van der Waals surface area contributed by atoms with Crippen molar-refractivity contribution in [3.63, 3.8) is 0 Å². The highest BCUT2D eigenvalue weighted by Crippen LogP contribution is 2.50. The summed E-state index contributed by atoms with van der Waals surface area (Å²) < 4.78 is 12.4. The molecule has 1 heterocycles. The van der Waals surface area contributed by atoms with Crippen LogP contribution < -0.4 is 11.2 Å². The van der Waals surface area contributed by atoms with Gasteiger partial charge in [0.1, 0.15) is 5.75 Å². The Labute approximate surface area is 226 Å². The van der Waals surface area contributed by atoms with Crippen molar-refractivity contribution in [3.05, 3.63) is 23.3 Å². The first-order valence-corrected chi connectivity index (χ1v) is 13.0. The normalized spacial score (nSPS) is 35.1. The monoisotopic (exact) mass is 540 g/mol. The van der Waals surface area contributed by atoms with Crippen LogP contribution in [-0.4, -0.2) is 88.2 Å². The lowest BCUT2D eigenvalue weighted by Crippen LogP contribution is -2.74. The van der Waals surface area contributed by atoms with E-state index in [1.807, 2.05) is 27.7 Å². The number of likely N-dealkylation sites (N-methyl/N-ethyl adjacent to an activating group) is 1. The number of phenols is 1. The Morgan fingerprint density at radius 2 is 1.64 bits per heavy atom. The van der Waals surface area contributed by atoms with E-state index in [9.17, 15) is 34.2 Å². The fourth-order valence-corrected chi connectivity index (χ4v) is 6.82. The number of aromatic hydroxyl groups is 1. The Balaban J connectivity index is 1.62. The maximum atomic E-state index is 13.9. The number of amides is 1. The van der Waals surface area contributed by atoms with Gasteiger partial charge in [0.2, 0.25) is 5.91 Å². The van der Waals surface area contributed by atoms with E-state index >= 15 is 0 Å². The number of primary amides is 1. The molecule has 39 heavy (non-hydrogen) atoms. The lowest BCUT2D eigenvalue weighted by atomic mass is 9.51. The predicted molar refractivity (Wildman–Crippen MR) is 137 cm³/mol. The fourth-order valence-electron chi connectivity index (χ4n) is 6.82. The van der Waals surface area contributed by atoms with Crippen molar-refractivity contribution in [2.24, 2.45) is 29.4 Å². The first-order chi connectivity index (χ1) is 18.0. The van der Waals surface area contributed by atoms with E-state index in [2.05, 4.69) is 0 Å². The van der Waals surface area contributed by atoms with Crippen LogP contribution >= 0.6 is 0 Å². The number of nitrogens with two attached hydrogens (primary N) is 1. The molecular formula is C27H33BN2O9. The molecule has 0 spiro atoms. The van der Waals surface area contributed by atoms with Crippen molar-refractivity contribution in [1.82, 2.24) is 4.90 Å². The minimum absolute atomic E-state index is 0.0254. The molecule has 0 bridgehead atoms. The summed E-state index contributed by atoms with van der Waals surface area (Å²) in [6, 6.07) is 1.80. The van der Waals surface area contributed by atoms with Crippen molar-refractivity contribution in [1.29, 1.82) is 0 Å². The molecular weight excluding hydrogens is 507 g/mol. The second-order valence-corrected chi connectivity index (χ2v) is 12.4. The molecule has 4 aliphatic rings. The van der Waals surface area contributed by atoms with Gasteiger partial charge < -0.3 is 25.3 Å². The number of hydrogen-bond donors (Lipinski definition) is 3. The van der Waals surface area contributed by atoms with E-state index in [1.165, 1.54) is 11.0 Å². The molecule has 0 radical (unpaired) electrons. The molecule has 4 N–H and O–H groups in total. The summed E-state index contributed by atoms with van der Waals surface area (Å²) in [4.78, 5) is 67.9. The van der Waals surface area contributed by atoms with E-state index in [-0.39, 0.29) is 24.2 Å². The summed E-state index contributed by atoms with van der Waals surface area (Å²) in [6.07, 6.45) is 0.113. The third kappa shape index (κ3) is 3.61. The third-order valence-corrected chi connectivity index (χ3v) is 9.49. The Hall–Kier alpha value is -2.93. The number of nitrogens with zero attached hydrogens (tertiary/aromatic N) is 1. The number of carbonyl (C=O) groups is 5. The van der Waals surface area contributed by atoms with Gasteiger partial charge in [-0.25, -0.2) is 0 Å². The second-order valence-electron chi connectivity index (χ2n) is 12.4. The largest absolute Gasteiger partial charge is 0.507 e. The highest BCUT2D eigenvalue weighted by molar-refractivity contribution is 6.63. The number of hydrogen-bond acceptors (Lipinski definition) is 10. The van der Waals surface area contributed by atoms with E-state index in [4.69, 9.17) is 15.0 Å². The Bertz CT molecular complexity index is 1320.